The number of hydrogen-bond acceptors (Lipinski definition) is 5. The van der Waals surface area contributed by atoms with Gasteiger partial charge in [0, 0.05) is 18.8 Å². The molecule has 120 valence electrons. The number of carbonyl (C=O) groups is 2. The number of esters is 1. The molecular weight excluding hydrogens is 310 g/mol. The normalized spacial score (nSPS) is 26.9. The van der Waals surface area contributed by atoms with Gasteiger partial charge in [0.05, 0.1) is 0 Å². The van der Waals surface area contributed by atoms with E-state index in [1.54, 1.807) is 13.0 Å². The lowest BCUT2D eigenvalue weighted by atomic mass is 9.79. The number of halogens is 2. The number of aldehydes is 1. The number of rotatable bonds is 5. The molecule has 21 heavy (non-hydrogen) atoms. The summed E-state index contributed by atoms with van der Waals surface area (Å²) in [5.74, 6) is -2.96. The van der Waals surface area contributed by atoms with Gasteiger partial charge >= 0.3 is 21.3 Å². The first kappa shape index (κ1) is 17.7. The van der Waals surface area contributed by atoms with Crippen LogP contribution >= 0.6 is 0 Å². The first-order valence-corrected chi connectivity index (χ1v) is 7.62. The molecule has 6 nitrogen and oxygen atoms in total. The lowest BCUT2D eigenvalue weighted by Gasteiger charge is -2.36. The molecular formula is C12H16F2O6S. The molecule has 0 aromatic carbocycles. The fourth-order valence-corrected chi connectivity index (χ4v) is 2.52. The van der Waals surface area contributed by atoms with Crippen molar-refractivity contribution in [3.63, 3.8) is 0 Å². The monoisotopic (exact) mass is 326 g/mol. The summed E-state index contributed by atoms with van der Waals surface area (Å²) in [5.41, 5.74) is -0.694. The summed E-state index contributed by atoms with van der Waals surface area (Å²) >= 11 is 0. The van der Waals surface area contributed by atoms with Crippen LogP contribution in [-0.4, -0.2) is 36.1 Å². The van der Waals surface area contributed by atoms with Crippen LogP contribution in [0.1, 0.15) is 33.1 Å². The number of ether oxygens (including phenoxy) is 1. The maximum Gasteiger partial charge on any atom is 0.465 e. The number of allylic oxidation sites excluding steroid dienone is 1. The van der Waals surface area contributed by atoms with Crippen LogP contribution in [0, 0.1) is 5.92 Å². The fourth-order valence-electron chi connectivity index (χ4n) is 2.27. The minimum Gasteiger partial charge on any atom is -0.454 e. The molecule has 9 heteroatoms. The summed E-state index contributed by atoms with van der Waals surface area (Å²) < 4.78 is 60.4. The molecule has 0 aliphatic heterocycles. The van der Waals surface area contributed by atoms with Crippen molar-refractivity contribution >= 4 is 22.4 Å². The van der Waals surface area contributed by atoms with Gasteiger partial charge in [-0.25, -0.2) is 4.79 Å². The molecule has 0 radical (unpaired) electrons. The van der Waals surface area contributed by atoms with E-state index < -0.39 is 32.9 Å². The molecule has 2 unspecified atom stereocenters. The van der Waals surface area contributed by atoms with Gasteiger partial charge < -0.3 is 9.53 Å². The Bertz CT molecular complexity index is 568. The average molecular weight is 326 g/mol. The van der Waals surface area contributed by atoms with E-state index in [-0.39, 0.29) is 12.8 Å². The largest absolute Gasteiger partial charge is 0.465 e. The first-order valence-electron chi connectivity index (χ1n) is 6.18. The number of carbonyl (C=O) groups excluding carboxylic acids is 2. The van der Waals surface area contributed by atoms with Crippen LogP contribution in [0.5, 0.6) is 0 Å². The highest BCUT2D eigenvalue weighted by molar-refractivity contribution is 7.87. The molecule has 0 bridgehead atoms. The molecule has 1 N–H and O–H groups in total. The lowest BCUT2D eigenvalue weighted by Crippen LogP contribution is -2.46. The van der Waals surface area contributed by atoms with Crippen LogP contribution in [0.3, 0.4) is 0 Å². The third kappa shape index (κ3) is 3.85. The lowest BCUT2D eigenvalue weighted by molar-refractivity contribution is -0.178. The van der Waals surface area contributed by atoms with E-state index in [2.05, 4.69) is 4.74 Å². The summed E-state index contributed by atoms with van der Waals surface area (Å²) in [6.07, 6.45) is 2.88. The van der Waals surface area contributed by atoms with Gasteiger partial charge in [-0.1, -0.05) is 18.6 Å². The summed E-state index contributed by atoms with van der Waals surface area (Å²) in [7, 11) is -5.91. The third-order valence-corrected chi connectivity index (χ3v) is 4.06. The van der Waals surface area contributed by atoms with Gasteiger partial charge in [0.25, 0.3) is 0 Å². The molecule has 0 aromatic rings. The Hall–Kier alpha value is -1.35. The highest BCUT2D eigenvalue weighted by atomic mass is 32.2. The summed E-state index contributed by atoms with van der Waals surface area (Å²) in [6, 6.07) is 0. The maximum absolute atomic E-state index is 13.2. The van der Waals surface area contributed by atoms with Gasteiger partial charge in [0.1, 0.15) is 11.9 Å². The van der Waals surface area contributed by atoms with Gasteiger partial charge in [0.15, 0.2) is 0 Å². The van der Waals surface area contributed by atoms with Crippen LogP contribution in [0.2, 0.25) is 0 Å². The molecule has 2 atom stereocenters. The van der Waals surface area contributed by atoms with E-state index in [1.165, 1.54) is 6.92 Å². The molecule has 0 saturated carbocycles. The number of alkyl halides is 2. The predicted molar refractivity (Wildman–Crippen MR) is 68.2 cm³/mol. The van der Waals surface area contributed by atoms with Crippen LogP contribution < -0.4 is 0 Å². The molecule has 0 heterocycles. The van der Waals surface area contributed by atoms with Gasteiger partial charge in [-0.15, -0.1) is 0 Å². The van der Waals surface area contributed by atoms with Crippen molar-refractivity contribution in [1.82, 2.24) is 0 Å². The molecule has 0 aromatic heterocycles. The number of hydrogen-bond donors (Lipinski definition) is 1. The van der Waals surface area contributed by atoms with E-state index in [0.717, 1.165) is 5.57 Å². The van der Waals surface area contributed by atoms with Crippen molar-refractivity contribution in [1.29, 1.82) is 0 Å². The van der Waals surface area contributed by atoms with E-state index in [1.807, 2.05) is 0 Å². The van der Waals surface area contributed by atoms with Crippen molar-refractivity contribution < 1.29 is 36.1 Å². The Morgan fingerprint density at radius 3 is 2.62 bits per heavy atom. The molecule has 0 saturated heterocycles. The minimum absolute atomic E-state index is 0.0344. The van der Waals surface area contributed by atoms with Crippen molar-refractivity contribution in [3.05, 3.63) is 11.6 Å². The second-order valence-corrected chi connectivity index (χ2v) is 6.65. The maximum atomic E-state index is 13.2. The van der Waals surface area contributed by atoms with Crippen molar-refractivity contribution in [2.24, 2.45) is 5.92 Å². The van der Waals surface area contributed by atoms with Gasteiger partial charge in [0.2, 0.25) is 0 Å². The van der Waals surface area contributed by atoms with Crippen molar-refractivity contribution in [2.75, 3.05) is 0 Å². The van der Waals surface area contributed by atoms with Gasteiger partial charge in [-0.2, -0.15) is 17.2 Å². The second kappa shape index (κ2) is 5.80. The summed E-state index contributed by atoms with van der Waals surface area (Å²) in [5, 5.41) is -5.04. The van der Waals surface area contributed by atoms with Crippen molar-refractivity contribution in [2.45, 2.75) is 44.0 Å². The highest BCUT2D eigenvalue weighted by Crippen LogP contribution is 2.37. The fraction of sp³-hybridized carbons (Fsp3) is 0.667. The molecule has 0 amide bonds. The Morgan fingerprint density at radius 1 is 1.62 bits per heavy atom. The smallest absolute Gasteiger partial charge is 0.454 e. The summed E-state index contributed by atoms with van der Waals surface area (Å²) in [4.78, 5) is 22.2. The molecule has 0 spiro atoms. The van der Waals surface area contributed by atoms with Crippen LogP contribution in [0.25, 0.3) is 0 Å². The molecule has 1 aliphatic carbocycles. The van der Waals surface area contributed by atoms with E-state index in [9.17, 15) is 26.8 Å². The highest BCUT2D eigenvalue weighted by Gasteiger charge is 2.56. The quantitative estimate of drug-likeness (QED) is 0.357. The van der Waals surface area contributed by atoms with E-state index in [4.69, 9.17) is 4.55 Å². The topological polar surface area (TPSA) is 97.7 Å². The Morgan fingerprint density at radius 2 is 2.19 bits per heavy atom. The van der Waals surface area contributed by atoms with Crippen LogP contribution in [0.4, 0.5) is 8.78 Å². The molecule has 0 fully saturated rings. The predicted octanol–water partition coefficient (Wildman–Crippen LogP) is 1.71. The standard InChI is InChI=1S/C12H16F2O6S/c1-3-8-4-9(7-15)6-11(2,5-8)20-10(16)12(13,14)21(17,18)19/h4,7,9H,3,5-6H2,1-2H3,(H,17,18,19). The molecule has 1 aliphatic rings. The third-order valence-electron chi connectivity index (χ3n) is 3.25. The zero-order valence-corrected chi connectivity index (χ0v) is 12.3. The van der Waals surface area contributed by atoms with Crippen LogP contribution in [-0.2, 0) is 24.4 Å². The molecule has 1 rings (SSSR count). The zero-order valence-electron chi connectivity index (χ0n) is 11.5. The Kier molecular flexibility index (Phi) is 4.89. The summed E-state index contributed by atoms with van der Waals surface area (Å²) in [6.45, 7) is 3.12. The minimum atomic E-state index is -5.91. The van der Waals surface area contributed by atoms with Gasteiger partial charge in [-0.05, 0) is 13.3 Å². The average Bonchev–Trinajstić information content (AvgIpc) is 2.35. The van der Waals surface area contributed by atoms with Gasteiger partial charge in [-0.3, -0.25) is 4.55 Å². The van der Waals surface area contributed by atoms with Crippen molar-refractivity contribution in [3.8, 4) is 0 Å². The van der Waals surface area contributed by atoms with Crippen LogP contribution in [0.15, 0.2) is 11.6 Å². The first-order chi connectivity index (χ1) is 9.45. The second-order valence-electron chi connectivity index (χ2n) is 5.19. The zero-order chi connectivity index (χ0) is 16.5. The van der Waals surface area contributed by atoms with E-state index in [0.29, 0.717) is 12.7 Å². The van der Waals surface area contributed by atoms with E-state index >= 15 is 0 Å². The Balaban J connectivity index is 2.99. The Labute approximate surface area is 120 Å². The SMILES string of the molecule is CCC1=CC(C=O)CC(C)(OC(=O)C(F)(F)S(=O)(=O)O)C1.